The van der Waals surface area contributed by atoms with E-state index in [1.165, 1.54) is 16.9 Å². The van der Waals surface area contributed by atoms with E-state index < -0.39 is 80.3 Å². The van der Waals surface area contributed by atoms with Crippen LogP contribution in [-0.4, -0.2) is 119 Å². The summed E-state index contributed by atoms with van der Waals surface area (Å²) in [4.78, 5) is 32.0. The molecular weight excluding hydrogens is 831 g/mol. The van der Waals surface area contributed by atoms with E-state index in [-0.39, 0.29) is 61.4 Å². The molecule has 3 spiro atoms. The third-order valence-electron chi connectivity index (χ3n) is 19.2. The van der Waals surface area contributed by atoms with Gasteiger partial charge in [-0.3, -0.25) is 9.59 Å². The van der Waals surface area contributed by atoms with Crippen molar-refractivity contribution in [2.45, 2.75) is 152 Å². The molecule has 12 nitrogen and oxygen atoms in total. The summed E-state index contributed by atoms with van der Waals surface area (Å²) in [6, 6.07) is 5.28. The van der Waals surface area contributed by atoms with E-state index in [0.29, 0.717) is 74.4 Å². The van der Waals surface area contributed by atoms with Gasteiger partial charge in [0.15, 0.2) is 5.78 Å². The summed E-state index contributed by atoms with van der Waals surface area (Å²) >= 11 is 0. The minimum Gasteiger partial charge on any atom is -0.508 e. The zero-order valence-electron chi connectivity index (χ0n) is 37.0. The molecular formula is C48H69NO11S2. The number of phenolic OH excluding ortho intramolecular Hbond substituents is 1. The molecule has 0 aromatic heterocycles. The lowest BCUT2D eigenvalue weighted by molar-refractivity contribution is -0.231. The van der Waals surface area contributed by atoms with Crippen LogP contribution in [-0.2, 0) is 20.7 Å². The van der Waals surface area contributed by atoms with E-state index in [9.17, 15) is 45.6 Å². The molecule has 5 aliphatic heterocycles. The quantitative estimate of drug-likeness (QED) is 0.141. The number of hydrogen-bond donors (Lipinski definition) is 8. The van der Waals surface area contributed by atoms with Crippen LogP contribution in [0, 0.1) is 57.2 Å². The first-order valence-corrected chi connectivity index (χ1v) is 25.7. The number of carbonyl (C=O) groups is 2. The minimum atomic E-state index is -1.96. The van der Waals surface area contributed by atoms with Crippen molar-refractivity contribution in [1.29, 1.82) is 0 Å². The van der Waals surface area contributed by atoms with Crippen molar-refractivity contribution < 1.29 is 55.2 Å². The number of allylic oxidation sites excluding steroid dienone is 1. The van der Waals surface area contributed by atoms with E-state index in [4.69, 9.17) is 4.74 Å². The largest absolute Gasteiger partial charge is 0.508 e. The van der Waals surface area contributed by atoms with Crippen LogP contribution in [0.15, 0.2) is 29.8 Å². The van der Waals surface area contributed by atoms with Gasteiger partial charge in [-0.15, -0.1) is 0 Å². The number of nitrogens with zero attached hydrogens (tertiary/aromatic N) is 1. The van der Waals surface area contributed by atoms with Gasteiger partial charge in [0.2, 0.25) is 5.91 Å². The number of anilines is 1. The topological polar surface area (TPSA) is 212 Å². The summed E-state index contributed by atoms with van der Waals surface area (Å²) in [5.74, 6) is -0.939. The van der Waals surface area contributed by atoms with Crippen molar-refractivity contribution in [3.05, 3.63) is 35.4 Å². The van der Waals surface area contributed by atoms with Crippen molar-refractivity contribution in [3.63, 3.8) is 0 Å². The number of benzene rings is 1. The van der Waals surface area contributed by atoms with Gasteiger partial charge in [0.05, 0.1) is 40.8 Å². The lowest BCUT2D eigenvalue weighted by atomic mass is 9.39. The van der Waals surface area contributed by atoms with Crippen LogP contribution in [0.2, 0.25) is 0 Å². The second-order valence-electron chi connectivity index (χ2n) is 21.9. The van der Waals surface area contributed by atoms with Crippen LogP contribution in [0.3, 0.4) is 0 Å². The Hall–Kier alpha value is -1.72. The number of ketones is 1. The molecule has 4 saturated carbocycles. The van der Waals surface area contributed by atoms with Gasteiger partial charge in [-0.1, -0.05) is 55.7 Å². The maximum absolute atomic E-state index is 15.3. The lowest BCUT2D eigenvalue weighted by Gasteiger charge is -2.66. The van der Waals surface area contributed by atoms with Gasteiger partial charge < -0.3 is 50.5 Å². The van der Waals surface area contributed by atoms with Crippen LogP contribution in [0.5, 0.6) is 5.75 Å². The van der Waals surface area contributed by atoms with E-state index in [0.717, 1.165) is 29.2 Å². The number of aromatic hydroxyl groups is 1. The molecule has 16 atom stereocenters. The molecule has 5 heterocycles. The number of hydrogen-bond acceptors (Lipinski definition) is 13. The molecule has 1 aromatic carbocycles. The smallest absolute Gasteiger partial charge is 0.233 e. The second-order valence-corrected chi connectivity index (χ2v) is 24.4. The number of carbonyl (C=O) groups excluding carboxylic acids is 2. The zero-order valence-corrected chi connectivity index (χ0v) is 38.6. The third-order valence-corrected chi connectivity index (χ3v) is 21.8. The van der Waals surface area contributed by atoms with Crippen LogP contribution < -0.4 is 4.90 Å². The maximum atomic E-state index is 15.3. The number of fused-ring (bicyclic) bond motifs is 2. The first-order valence-electron chi connectivity index (χ1n) is 23.3. The lowest BCUT2D eigenvalue weighted by Crippen LogP contribution is -2.71. The molecule has 344 valence electrons. The number of aliphatic hydroxyl groups excluding tert-OH is 4. The summed E-state index contributed by atoms with van der Waals surface area (Å²) in [5.41, 5.74) is -9.07. The average Bonchev–Trinajstić information content (AvgIpc) is 3.89. The molecule has 10 aliphatic rings. The monoisotopic (exact) mass is 899 g/mol. The summed E-state index contributed by atoms with van der Waals surface area (Å²) in [5, 5.41) is 95.4. The standard InChI is InChI=1S/C48H69NO11S2/c1-26(2)27(3)38-39(60-38)43(5,57)35-11-14-48(59)34-20-36(53)47-21-37(54)45(58,25-51)24-42(47,4)33(34)10-13-44(35,48)12-9-28-17-31(19-32(52)18-28)49-16-15-46(40(49)55)29(22-50)7-6-8-30(46)23-61-62-41(47)56/h17-20,26-27,29-30,33,35,37-39,41,50-52,54,56-59H,6-16,21-25H2,1-5H3/t27-,29+,30+,33+,35-,37-,38+,39-,41-,42-,43-,44-,45-,46-,47+,48-/m1/s1. The number of phenols is 1. The number of aryl methyl sites for hydroxylation is 1. The fourth-order valence-electron chi connectivity index (χ4n) is 15.3. The number of epoxide rings is 1. The van der Waals surface area contributed by atoms with E-state index in [1.807, 2.05) is 19.9 Å². The SMILES string of the molecule is CC(C)[C@@H](C)[C@@H]1O[C@H]1[C@](C)(O)[C@H]1CC[C@@]2(O)C3=CC(=O)[C@]45C[C@@H](O)[C@](O)(CO)C[C@]4(C)[C@H]3CC[C@]12CCc1cc(O)cc(c1)N1CC[C@@]2(C1=O)[C@H](CO)CCC[C@H]2CSS[C@H]5O. The van der Waals surface area contributed by atoms with Crippen molar-refractivity contribution in [2.75, 3.05) is 30.4 Å². The number of aliphatic hydroxyl groups is 7. The van der Waals surface area contributed by atoms with Crippen molar-refractivity contribution in [3.8, 4) is 5.75 Å². The molecule has 14 heteroatoms. The maximum Gasteiger partial charge on any atom is 0.233 e. The Morgan fingerprint density at radius 3 is 2.47 bits per heavy atom. The Morgan fingerprint density at radius 2 is 1.76 bits per heavy atom. The Morgan fingerprint density at radius 1 is 1.00 bits per heavy atom. The summed E-state index contributed by atoms with van der Waals surface area (Å²) in [7, 11) is 2.53. The fourth-order valence-corrected chi connectivity index (χ4v) is 18.4. The van der Waals surface area contributed by atoms with Crippen molar-refractivity contribution >= 4 is 39.0 Å². The molecule has 0 unspecified atom stereocenters. The Balaban J connectivity index is 1.21. The summed E-state index contributed by atoms with van der Waals surface area (Å²) in [6.45, 7) is 9.65. The van der Waals surface area contributed by atoms with E-state index in [1.54, 1.807) is 17.0 Å². The molecule has 5 aliphatic carbocycles. The fraction of sp³-hybridized carbons (Fsp3) is 0.792. The highest BCUT2D eigenvalue weighted by atomic mass is 33.1. The highest BCUT2D eigenvalue weighted by molar-refractivity contribution is 8.76. The summed E-state index contributed by atoms with van der Waals surface area (Å²) < 4.78 is 6.33. The second kappa shape index (κ2) is 15.4. The van der Waals surface area contributed by atoms with E-state index in [2.05, 4.69) is 20.8 Å². The van der Waals surface area contributed by atoms with Gasteiger partial charge in [-0.25, -0.2) is 0 Å². The van der Waals surface area contributed by atoms with Gasteiger partial charge in [0.25, 0.3) is 0 Å². The molecule has 0 radical (unpaired) electrons. The number of ether oxygens (including phenoxy) is 1. The average molecular weight is 900 g/mol. The molecule has 62 heavy (non-hydrogen) atoms. The van der Waals surface area contributed by atoms with Gasteiger partial charge in [-0.05, 0) is 148 Å². The predicted molar refractivity (Wildman–Crippen MR) is 237 cm³/mol. The zero-order chi connectivity index (χ0) is 44.6. The molecule has 1 aromatic rings. The van der Waals surface area contributed by atoms with Gasteiger partial charge in [0.1, 0.15) is 22.9 Å². The van der Waals surface area contributed by atoms with Crippen LogP contribution in [0.25, 0.3) is 0 Å². The normalized spacial score (nSPS) is 46.9. The highest BCUT2D eigenvalue weighted by Gasteiger charge is 2.76. The van der Waals surface area contributed by atoms with Crippen LogP contribution in [0.1, 0.15) is 111 Å². The molecule has 11 rings (SSSR count). The summed E-state index contributed by atoms with van der Waals surface area (Å²) in [6.07, 6.45) is 4.08. The number of amides is 1. The molecule has 8 N–H and O–H groups in total. The molecule has 2 saturated heterocycles. The molecule has 6 fully saturated rings. The van der Waals surface area contributed by atoms with Gasteiger partial charge in [0, 0.05) is 36.1 Å². The number of rotatable bonds is 6. The van der Waals surface area contributed by atoms with Gasteiger partial charge >= 0.3 is 0 Å². The Bertz CT molecular complexity index is 2000. The predicted octanol–water partition coefficient (Wildman–Crippen LogP) is 4.90. The first kappa shape index (κ1) is 45.4. The van der Waals surface area contributed by atoms with Crippen molar-refractivity contribution in [2.24, 2.45) is 57.2 Å². The van der Waals surface area contributed by atoms with E-state index >= 15 is 4.79 Å². The van der Waals surface area contributed by atoms with Crippen molar-refractivity contribution in [1.82, 2.24) is 0 Å². The van der Waals surface area contributed by atoms with Crippen LogP contribution >= 0.6 is 21.6 Å². The molecule has 8 bridgehead atoms. The Labute approximate surface area is 373 Å². The van der Waals surface area contributed by atoms with Crippen LogP contribution in [0.4, 0.5) is 5.69 Å². The van der Waals surface area contributed by atoms with Gasteiger partial charge in [-0.2, -0.15) is 0 Å². The Kier molecular flexibility index (Phi) is 11.3. The molecule has 1 amide bonds. The third kappa shape index (κ3) is 6.15. The minimum absolute atomic E-state index is 0.0148. The highest BCUT2D eigenvalue weighted by Crippen LogP contribution is 2.74. The first-order chi connectivity index (χ1) is 29.2.